The first-order chi connectivity index (χ1) is 7.16. The highest BCUT2D eigenvalue weighted by Crippen LogP contribution is 2.19. The number of benzene rings is 1. The Bertz CT molecular complexity index is 480. The molecule has 2 nitrogen and oxygen atoms in total. The lowest BCUT2D eigenvalue weighted by atomic mass is 10.1. The van der Waals surface area contributed by atoms with Crippen molar-refractivity contribution in [3.8, 4) is 0 Å². The van der Waals surface area contributed by atoms with Crippen LogP contribution in [0, 0.1) is 5.92 Å². The number of nitrogens with zero attached hydrogens (tertiary/aromatic N) is 2. The predicted molar refractivity (Wildman–Crippen MR) is 65.8 cm³/mol. The van der Waals surface area contributed by atoms with Gasteiger partial charge in [-0.05, 0) is 40.4 Å². The van der Waals surface area contributed by atoms with Crippen molar-refractivity contribution in [1.82, 2.24) is 9.97 Å². The van der Waals surface area contributed by atoms with E-state index in [1.54, 1.807) is 0 Å². The zero-order valence-corrected chi connectivity index (χ0v) is 10.5. The lowest BCUT2D eigenvalue weighted by Crippen LogP contribution is -2.00. The molecule has 0 amide bonds. The Kier molecular flexibility index (Phi) is 3.00. The van der Waals surface area contributed by atoms with E-state index in [4.69, 9.17) is 0 Å². The van der Waals surface area contributed by atoms with Gasteiger partial charge in [0.1, 0.15) is 4.60 Å². The summed E-state index contributed by atoms with van der Waals surface area (Å²) in [6, 6.07) is 7.94. The standard InChI is InChI=1S/C12H13BrN2/c1-8(2)7-11-12(13)15-10-6-4-3-5-9(10)14-11/h3-6,8H,7H2,1-2H3. The molecule has 0 spiro atoms. The van der Waals surface area contributed by atoms with Crippen LogP contribution in [0.3, 0.4) is 0 Å². The summed E-state index contributed by atoms with van der Waals surface area (Å²) in [4.78, 5) is 9.09. The summed E-state index contributed by atoms with van der Waals surface area (Å²) in [5, 5.41) is 0. The van der Waals surface area contributed by atoms with Crippen molar-refractivity contribution in [3.05, 3.63) is 34.6 Å². The first-order valence-corrected chi connectivity index (χ1v) is 5.87. The summed E-state index contributed by atoms with van der Waals surface area (Å²) < 4.78 is 0.870. The monoisotopic (exact) mass is 264 g/mol. The van der Waals surface area contributed by atoms with Crippen LogP contribution in [0.1, 0.15) is 19.5 Å². The van der Waals surface area contributed by atoms with Gasteiger partial charge < -0.3 is 0 Å². The van der Waals surface area contributed by atoms with Crippen molar-refractivity contribution in [2.45, 2.75) is 20.3 Å². The molecule has 1 heterocycles. The van der Waals surface area contributed by atoms with Crippen LogP contribution in [0.2, 0.25) is 0 Å². The molecule has 0 aliphatic carbocycles. The van der Waals surface area contributed by atoms with E-state index in [1.165, 1.54) is 0 Å². The van der Waals surface area contributed by atoms with Crippen molar-refractivity contribution in [3.63, 3.8) is 0 Å². The Balaban J connectivity index is 2.52. The average Bonchev–Trinajstić information content (AvgIpc) is 2.18. The smallest absolute Gasteiger partial charge is 0.128 e. The minimum atomic E-state index is 0.594. The molecule has 0 aliphatic heterocycles. The van der Waals surface area contributed by atoms with Crippen LogP contribution in [0.4, 0.5) is 0 Å². The third-order valence-corrected chi connectivity index (χ3v) is 2.83. The Labute approximate surface area is 97.9 Å². The SMILES string of the molecule is CC(C)Cc1nc2ccccc2nc1Br. The first-order valence-electron chi connectivity index (χ1n) is 5.08. The number of hydrogen-bond acceptors (Lipinski definition) is 2. The van der Waals surface area contributed by atoms with E-state index in [0.717, 1.165) is 27.8 Å². The normalized spacial score (nSPS) is 11.2. The number of halogens is 1. The highest BCUT2D eigenvalue weighted by Gasteiger charge is 2.07. The van der Waals surface area contributed by atoms with Gasteiger partial charge in [0.05, 0.1) is 16.7 Å². The molecule has 0 bridgehead atoms. The molecule has 0 unspecified atom stereocenters. The molecule has 15 heavy (non-hydrogen) atoms. The number of rotatable bonds is 2. The van der Waals surface area contributed by atoms with E-state index in [9.17, 15) is 0 Å². The van der Waals surface area contributed by atoms with Crippen LogP contribution in [0.25, 0.3) is 11.0 Å². The molecule has 0 fully saturated rings. The van der Waals surface area contributed by atoms with Crippen LogP contribution in [-0.4, -0.2) is 9.97 Å². The van der Waals surface area contributed by atoms with Gasteiger partial charge in [0, 0.05) is 0 Å². The van der Waals surface area contributed by atoms with E-state index in [0.29, 0.717) is 5.92 Å². The maximum Gasteiger partial charge on any atom is 0.128 e. The zero-order chi connectivity index (χ0) is 10.8. The summed E-state index contributed by atoms with van der Waals surface area (Å²) in [6.07, 6.45) is 0.957. The molecule has 0 aliphatic rings. The third kappa shape index (κ3) is 2.34. The van der Waals surface area contributed by atoms with Gasteiger partial charge in [-0.2, -0.15) is 0 Å². The molecule has 0 saturated heterocycles. The van der Waals surface area contributed by atoms with Crippen LogP contribution >= 0.6 is 15.9 Å². The van der Waals surface area contributed by atoms with Crippen molar-refractivity contribution >= 4 is 27.0 Å². The second-order valence-corrected chi connectivity index (χ2v) is 4.80. The summed E-state index contributed by atoms with van der Waals surface area (Å²) in [5.74, 6) is 0.594. The number of aromatic nitrogens is 2. The van der Waals surface area contributed by atoms with E-state index >= 15 is 0 Å². The Morgan fingerprint density at radius 1 is 1.13 bits per heavy atom. The van der Waals surface area contributed by atoms with Gasteiger partial charge in [-0.3, -0.25) is 0 Å². The molecule has 0 radical (unpaired) electrons. The van der Waals surface area contributed by atoms with Crippen LogP contribution in [0.5, 0.6) is 0 Å². The summed E-state index contributed by atoms with van der Waals surface area (Å²) in [7, 11) is 0. The topological polar surface area (TPSA) is 25.8 Å². The summed E-state index contributed by atoms with van der Waals surface area (Å²) in [6.45, 7) is 4.37. The number of fused-ring (bicyclic) bond motifs is 1. The molecule has 0 N–H and O–H groups in total. The van der Waals surface area contributed by atoms with Gasteiger partial charge in [-0.15, -0.1) is 0 Å². The first kappa shape index (κ1) is 10.6. The predicted octanol–water partition coefficient (Wildman–Crippen LogP) is 3.59. The molecule has 2 rings (SSSR count). The van der Waals surface area contributed by atoms with Gasteiger partial charge >= 0.3 is 0 Å². The highest BCUT2D eigenvalue weighted by molar-refractivity contribution is 9.10. The Hall–Kier alpha value is -0.960. The fraction of sp³-hybridized carbons (Fsp3) is 0.333. The lowest BCUT2D eigenvalue weighted by molar-refractivity contribution is 0.632. The maximum absolute atomic E-state index is 4.61. The van der Waals surface area contributed by atoms with E-state index in [1.807, 2.05) is 24.3 Å². The van der Waals surface area contributed by atoms with E-state index in [-0.39, 0.29) is 0 Å². The van der Waals surface area contributed by atoms with Gasteiger partial charge in [0.25, 0.3) is 0 Å². The maximum atomic E-state index is 4.61. The molecule has 78 valence electrons. The minimum absolute atomic E-state index is 0.594. The third-order valence-electron chi connectivity index (χ3n) is 2.20. The van der Waals surface area contributed by atoms with Crippen LogP contribution < -0.4 is 0 Å². The number of hydrogen-bond donors (Lipinski definition) is 0. The molecule has 2 aromatic rings. The summed E-state index contributed by atoms with van der Waals surface area (Å²) >= 11 is 3.47. The molecule has 1 aromatic heterocycles. The zero-order valence-electron chi connectivity index (χ0n) is 8.87. The largest absolute Gasteiger partial charge is 0.248 e. The van der Waals surface area contributed by atoms with Gasteiger partial charge in [0.2, 0.25) is 0 Å². The average molecular weight is 265 g/mol. The van der Waals surface area contributed by atoms with Crippen molar-refractivity contribution < 1.29 is 0 Å². The second kappa shape index (κ2) is 4.27. The minimum Gasteiger partial charge on any atom is -0.248 e. The molecular weight excluding hydrogens is 252 g/mol. The van der Waals surface area contributed by atoms with Gasteiger partial charge in [-0.25, -0.2) is 9.97 Å². The van der Waals surface area contributed by atoms with Gasteiger partial charge in [-0.1, -0.05) is 26.0 Å². The van der Waals surface area contributed by atoms with Crippen molar-refractivity contribution in [1.29, 1.82) is 0 Å². The Morgan fingerprint density at radius 3 is 2.33 bits per heavy atom. The summed E-state index contributed by atoms with van der Waals surface area (Å²) in [5.41, 5.74) is 2.96. The molecule has 0 saturated carbocycles. The van der Waals surface area contributed by atoms with Crippen LogP contribution in [0.15, 0.2) is 28.9 Å². The van der Waals surface area contributed by atoms with E-state index < -0.39 is 0 Å². The molecule has 1 aromatic carbocycles. The molecular formula is C12H13BrN2. The van der Waals surface area contributed by atoms with E-state index in [2.05, 4.69) is 39.7 Å². The number of para-hydroxylation sites is 2. The van der Waals surface area contributed by atoms with Gasteiger partial charge in [0.15, 0.2) is 0 Å². The van der Waals surface area contributed by atoms with Crippen molar-refractivity contribution in [2.75, 3.05) is 0 Å². The highest BCUT2D eigenvalue weighted by atomic mass is 79.9. The van der Waals surface area contributed by atoms with Crippen molar-refractivity contribution in [2.24, 2.45) is 5.92 Å². The lowest BCUT2D eigenvalue weighted by Gasteiger charge is -2.07. The fourth-order valence-electron chi connectivity index (χ4n) is 1.53. The van der Waals surface area contributed by atoms with Crippen LogP contribution in [-0.2, 0) is 6.42 Å². The molecule has 0 atom stereocenters. The molecule has 3 heteroatoms. The quantitative estimate of drug-likeness (QED) is 0.829. The Morgan fingerprint density at radius 2 is 1.73 bits per heavy atom. The fourth-order valence-corrected chi connectivity index (χ4v) is 1.97. The second-order valence-electron chi connectivity index (χ2n) is 4.05.